The Hall–Kier alpha value is -0.960. The molecule has 0 aliphatic rings. The van der Waals surface area contributed by atoms with Gasteiger partial charge in [0.05, 0.1) is 0 Å². The molecule has 1 atom stereocenters. The Balaban J connectivity index is 2.65. The van der Waals surface area contributed by atoms with Crippen LogP contribution in [-0.4, -0.2) is 16.0 Å². The van der Waals surface area contributed by atoms with E-state index in [1.165, 1.54) is 0 Å². The molecule has 1 rings (SSSR count). The molecule has 0 aliphatic heterocycles. The zero-order chi connectivity index (χ0) is 8.97. The van der Waals surface area contributed by atoms with E-state index in [2.05, 4.69) is 9.97 Å². The quantitative estimate of drug-likeness (QED) is 0.724. The molecule has 0 aliphatic carbocycles. The fourth-order valence-corrected chi connectivity index (χ4v) is 1.04. The van der Waals surface area contributed by atoms with Gasteiger partial charge in [0.15, 0.2) is 0 Å². The first-order valence-corrected chi connectivity index (χ1v) is 4.27. The molecule has 0 amide bonds. The van der Waals surface area contributed by atoms with Gasteiger partial charge in [-0.15, -0.1) is 0 Å². The Morgan fingerprint density at radius 3 is 2.42 bits per heavy atom. The van der Waals surface area contributed by atoms with Crippen LogP contribution < -0.4 is 5.73 Å². The van der Waals surface area contributed by atoms with Crippen molar-refractivity contribution in [2.45, 2.75) is 32.7 Å². The average molecular weight is 165 g/mol. The average Bonchev–Trinajstić information content (AvgIpc) is 2.05. The van der Waals surface area contributed by atoms with Crippen LogP contribution in [0.5, 0.6) is 0 Å². The topological polar surface area (TPSA) is 51.8 Å². The Kier molecular flexibility index (Phi) is 3.17. The van der Waals surface area contributed by atoms with Gasteiger partial charge in [-0.2, -0.15) is 0 Å². The van der Waals surface area contributed by atoms with Crippen LogP contribution >= 0.6 is 0 Å². The number of rotatable bonds is 3. The van der Waals surface area contributed by atoms with Crippen molar-refractivity contribution < 1.29 is 0 Å². The lowest BCUT2D eigenvalue weighted by molar-refractivity contribution is 0.729. The van der Waals surface area contributed by atoms with Gasteiger partial charge < -0.3 is 5.73 Å². The lowest BCUT2D eigenvalue weighted by atomic mass is 10.1. The summed E-state index contributed by atoms with van der Waals surface area (Å²) in [6.07, 6.45) is 5.45. The first kappa shape index (κ1) is 9.13. The minimum atomic E-state index is 0.182. The minimum Gasteiger partial charge on any atom is -0.328 e. The van der Waals surface area contributed by atoms with Crippen molar-refractivity contribution in [2.75, 3.05) is 0 Å². The van der Waals surface area contributed by atoms with Crippen molar-refractivity contribution in [3.05, 3.63) is 23.8 Å². The number of aromatic nitrogens is 2. The normalized spacial score (nSPS) is 12.9. The van der Waals surface area contributed by atoms with E-state index in [-0.39, 0.29) is 6.04 Å². The molecule has 3 nitrogen and oxygen atoms in total. The second kappa shape index (κ2) is 4.16. The van der Waals surface area contributed by atoms with Gasteiger partial charge in [0.25, 0.3) is 0 Å². The Bertz CT molecular complexity index is 228. The zero-order valence-corrected chi connectivity index (χ0v) is 7.62. The summed E-state index contributed by atoms with van der Waals surface area (Å²) in [6.45, 7) is 4.02. The largest absolute Gasteiger partial charge is 0.328 e. The van der Waals surface area contributed by atoms with E-state index in [1.54, 1.807) is 0 Å². The summed E-state index contributed by atoms with van der Waals surface area (Å²) in [4.78, 5) is 8.37. The van der Waals surface area contributed by atoms with E-state index in [0.717, 1.165) is 24.2 Å². The third-order valence-corrected chi connectivity index (χ3v) is 1.63. The highest BCUT2D eigenvalue weighted by Gasteiger charge is 1.98. The molecule has 0 radical (unpaired) electrons. The maximum Gasteiger partial charge on any atom is 0.127 e. The first-order valence-electron chi connectivity index (χ1n) is 4.27. The monoisotopic (exact) mass is 165 g/mol. The molecule has 12 heavy (non-hydrogen) atoms. The molecule has 0 saturated carbocycles. The standard InChI is InChI=1S/C9H15N3/c1-3-9-11-5-8(6-12-9)4-7(2)10/h5-7H,3-4,10H2,1-2H3. The number of aryl methyl sites for hydroxylation is 1. The van der Waals surface area contributed by atoms with Crippen molar-refractivity contribution in [1.29, 1.82) is 0 Å². The molecule has 1 unspecified atom stereocenters. The molecule has 2 N–H and O–H groups in total. The van der Waals surface area contributed by atoms with Gasteiger partial charge in [-0.05, 0) is 18.9 Å². The molecule has 0 spiro atoms. The molecular formula is C9H15N3. The Morgan fingerprint density at radius 1 is 1.42 bits per heavy atom. The molecule has 0 saturated heterocycles. The molecule has 0 fully saturated rings. The summed E-state index contributed by atoms with van der Waals surface area (Å²) < 4.78 is 0. The van der Waals surface area contributed by atoms with Crippen LogP contribution in [0.25, 0.3) is 0 Å². The highest BCUT2D eigenvalue weighted by Crippen LogP contribution is 1.99. The molecule has 1 heterocycles. The van der Waals surface area contributed by atoms with Crippen LogP contribution in [0, 0.1) is 0 Å². The predicted octanol–water partition coefficient (Wildman–Crippen LogP) is 0.929. The van der Waals surface area contributed by atoms with Crippen molar-refractivity contribution in [3.63, 3.8) is 0 Å². The van der Waals surface area contributed by atoms with Crippen molar-refractivity contribution in [1.82, 2.24) is 9.97 Å². The SMILES string of the molecule is CCc1ncc(CC(C)N)cn1. The lowest BCUT2D eigenvalue weighted by Gasteiger charge is -2.03. The van der Waals surface area contributed by atoms with Crippen LogP contribution in [0.3, 0.4) is 0 Å². The molecule has 3 heteroatoms. The summed E-state index contributed by atoms with van der Waals surface area (Å²) in [7, 11) is 0. The van der Waals surface area contributed by atoms with Crippen molar-refractivity contribution >= 4 is 0 Å². The second-order valence-electron chi connectivity index (χ2n) is 3.04. The minimum absolute atomic E-state index is 0.182. The van der Waals surface area contributed by atoms with Crippen molar-refractivity contribution in [2.24, 2.45) is 5.73 Å². The number of hydrogen-bond donors (Lipinski definition) is 1. The molecular weight excluding hydrogens is 150 g/mol. The number of nitrogens with zero attached hydrogens (tertiary/aromatic N) is 2. The van der Waals surface area contributed by atoms with Gasteiger partial charge in [0, 0.05) is 24.9 Å². The van der Waals surface area contributed by atoms with E-state index in [4.69, 9.17) is 5.73 Å². The first-order chi connectivity index (χ1) is 5.72. The van der Waals surface area contributed by atoms with E-state index >= 15 is 0 Å². The van der Waals surface area contributed by atoms with E-state index in [1.807, 2.05) is 26.2 Å². The van der Waals surface area contributed by atoms with Gasteiger partial charge >= 0.3 is 0 Å². The third kappa shape index (κ3) is 2.58. The second-order valence-corrected chi connectivity index (χ2v) is 3.04. The summed E-state index contributed by atoms with van der Waals surface area (Å²) >= 11 is 0. The van der Waals surface area contributed by atoms with Crippen LogP contribution in [-0.2, 0) is 12.8 Å². The van der Waals surface area contributed by atoms with Crippen molar-refractivity contribution in [3.8, 4) is 0 Å². The Morgan fingerprint density at radius 2 is 2.00 bits per heavy atom. The fraction of sp³-hybridized carbons (Fsp3) is 0.556. The van der Waals surface area contributed by atoms with Gasteiger partial charge in [-0.3, -0.25) is 0 Å². The number of nitrogens with two attached hydrogens (primary N) is 1. The smallest absolute Gasteiger partial charge is 0.127 e. The number of hydrogen-bond acceptors (Lipinski definition) is 3. The predicted molar refractivity (Wildman–Crippen MR) is 48.8 cm³/mol. The fourth-order valence-electron chi connectivity index (χ4n) is 1.04. The molecule has 1 aromatic heterocycles. The van der Waals surface area contributed by atoms with E-state index in [0.29, 0.717) is 0 Å². The molecule has 0 bridgehead atoms. The maximum atomic E-state index is 5.64. The van der Waals surface area contributed by atoms with Crippen LogP contribution in [0.15, 0.2) is 12.4 Å². The third-order valence-electron chi connectivity index (χ3n) is 1.63. The molecule has 1 aromatic rings. The maximum absolute atomic E-state index is 5.64. The van der Waals surface area contributed by atoms with Crippen LogP contribution in [0.4, 0.5) is 0 Å². The molecule has 0 aromatic carbocycles. The Labute approximate surface area is 73.0 Å². The van der Waals surface area contributed by atoms with Crippen LogP contribution in [0.2, 0.25) is 0 Å². The van der Waals surface area contributed by atoms with Gasteiger partial charge in [0.1, 0.15) is 5.82 Å². The lowest BCUT2D eigenvalue weighted by Crippen LogP contribution is -2.18. The summed E-state index contributed by atoms with van der Waals surface area (Å²) in [5.41, 5.74) is 6.75. The van der Waals surface area contributed by atoms with Gasteiger partial charge in [-0.1, -0.05) is 6.92 Å². The zero-order valence-electron chi connectivity index (χ0n) is 7.62. The van der Waals surface area contributed by atoms with E-state index in [9.17, 15) is 0 Å². The molecule has 66 valence electrons. The van der Waals surface area contributed by atoms with Gasteiger partial charge in [0.2, 0.25) is 0 Å². The van der Waals surface area contributed by atoms with Gasteiger partial charge in [-0.25, -0.2) is 9.97 Å². The highest BCUT2D eigenvalue weighted by atomic mass is 14.9. The highest BCUT2D eigenvalue weighted by molar-refractivity contribution is 5.06. The summed E-state index contributed by atoms with van der Waals surface area (Å²) in [6, 6.07) is 0.182. The summed E-state index contributed by atoms with van der Waals surface area (Å²) in [5.74, 6) is 0.892. The summed E-state index contributed by atoms with van der Waals surface area (Å²) in [5, 5.41) is 0. The van der Waals surface area contributed by atoms with E-state index < -0.39 is 0 Å². The van der Waals surface area contributed by atoms with Crippen LogP contribution in [0.1, 0.15) is 25.2 Å².